The van der Waals surface area contributed by atoms with Gasteiger partial charge in [-0.25, -0.2) is 0 Å². The van der Waals surface area contributed by atoms with E-state index in [1.54, 1.807) is 0 Å². The van der Waals surface area contributed by atoms with Crippen molar-refractivity contribution in [1.29, 1.82) is 0 Å². The summed E-state index contributed by atoms with van der Waals surface area (Å²) in [6.07, 6.45) is 1.08. The van der Waals surface area contributed by atoms with Crippen molar-refractivity contribution >= 4 is 0 Å². The Labute approximate surface area is 107 Å². The van der Waals surface area contributed by atoms with Gasteiger partial charge in [0.05, 0.1) is 19.8 Å². The number of likely N-dealkylation sites (N-methyl/N-ethyl adjacent to an activating group) is 2. The molecule has 0 unspecified atom stereocenters. The molecule has 0 spiro atoms. The van der Waals surface area contributed by atoms with E-state index in [2.05, 4.69) is 37.7 Å². The lowest BCUT2D eigenvalue weighted by atomic mass is 10.4. The molecular formula is C13H30N2O2. The van der Waals surface area contributed by atoms with Gasteiger partial charge in [0, 0.05) is 26.2 Å². The zero-order chi connectivity index (χ0) is 12.9. The largest absolute Gasteiger partial charge is 0.379 e. The summed E-state index contributed by atoms with van der Waals surface area (Å²) >= 11 is 0. The molecule has 0 amide bonds. The van der Waals surface area contributed by atoms with Crippen LogP contribution >= 0.6 is 0 Å². The fourth-order valence-electron chi connectivity index (χ4n) is 1.30. The van der Waals surface area contributed by atoms with Crippen LogP contribution in [-0.4, -0.2) is 76.5 Å². The van der Waals surface area contributed by atoms with Gasteiger partial charge in [0.15, 0.2) is 0 Å². The topological polar surface area (TPSA) is 24.9 Å². The predicted molar refractivity (Wildman–Crippen MR) is 72.6 cm³/mol. The van der Waals surface area contributed by atoms with E-state index < -0.39 is 0 Å². The molecular weight excluding hydrogens is 216 g/mol. The minimum absolute atomic E-state index is 0.711. The molecule has 0 aromatic rings. The predicted octanol–water partition coefficient (Wildman–Crippen LogP) is 1.31. The van der Waals surface area contributed by atoms with E-state index >= 15 is 0 Å². The highest BCUT2D eigenvalue weighted by Gasteiger charge is 2.00. The van der Waals surface area contributed by atoms with Gasteiger partial charge in [-0.05, 0) is 27.1 Å². The van der Waals surface area contributed by atoms with Crippen molar-refractivity contribution in [3.8, 4) is 0 Å². The lowest BCUT2D eigenvalue weighted by molar-refractivity contribution is 0.0406. The van der Waals surface area contributed by atoms with Crippen molar-refractivity contribution in [3.05, 3.63) is 0 Å². The van der Waals surface area contributed by atoms with Crippen molar-refractivity contribution in [1.82, 2.24) is 9.80 Å². The third-order valence-corrected chi connectivity index (χ3v) is 2.74. The van der Waals surface area contributed by atoms with Gasteiger partial charge < -0.3 is 19.3 Å². The highest BCUT2D eigenvalue weighted by atomic mass is 16.5. The second-order valence-corrected chi connectivity index (χ2v) is 4.42. The summed E-state index contributed by atoms with van der Waals surface area (Å²) in [5.74, 6) is 0. The quantitative estimate of drug-likeness (QED) is 0.485. The highest BCUT2D eigenvalue weighted by molar-refractivity contribution is 4.55. The van der Waals surface area contributed by atoms with Crippen LogP contribution in [0.3, 0.4) is 0 Å². The van der Waals surface area contributed by atoms with Crippen LogP contribution in [0.4, 0.5) is 0 Å². The van der Waals surface area contributed by atoms with Crippen LogP contribution in [-0.2, 0) is 9.47 Å². The van der Waals surface area contributed by atoms with Crippen LogP contribution < -0.4 is 0 Å². The Bertz CT molecular complexity index is 156. The van der Waals surface area contributed by atoms with Gasteiger partial charge in [0.1, 0.15) is 0 Å². The summed E-state index contributed by atoms with van der Waals surface area (Å²) < 4.78 is 10.8. The van der Waals surface area contributed by atoms with Crippen LogP contribution in [0.25, 0.3) is 0 Å². The molecule has 0 rings (SSSR count). The molecule has 0 aromatic heterocycles. The maximum Gasteiger partial charge on any atom is 0.0701 e. The SMILES string of the molecule is CCCOCCOCCN(C)CCN(C)CC. The monoisotopic (exact) mass is 246 g/mol. The first-order valence-corrected chi connectivity index (χ1v) is 6.73. The summed E-state index contributed by atoms with van der Waals surface area (Å²) in [4.78, 5) is 4.62. The Balaban J connectivity index is 3.19. The lowest BCUT2D eigenvalue weighted by Crippen LogP contribution is -2.32. The smallest absolute Gasteiger partial charge is 0.0701 e. The van der Waals surface area contributed by atoms with Crippen LogP contribution in [0.15, 0.2) is 0 Å². The van der Waals surface area contributed by atoms with E-state index in [9.17, 15) is 0 Å². The average Bonchev–Trinajstić information content (AvgIpc) is 2.34. The molecule has 0 aliphatic rings. The van der Waals surface area contributed by atoms with Gasteiger partial charge in [-0.1, -0.05) is 13.8 Å². The first kappa shape index (κ1) is 16.8. The maximum absolute atomic E-state index is 5.50. The third-order valence-electron chi connectivity index (χ3n) is 2.74. The van der Waals surface area contributed by atoms with Gasteiger partial charge in [0.25, 0.3) is 0 Å². The Morgan fingerprint density at radius 1 is 0.706 bits per heavy atom. The van der Waals surface area contributed by atoms with E-state index in [0.29, 0.717) is 6.61 Å². The normalized spacial score (nSPS) is 11.6. The zero-order valence-electron chi connectivity index (χ0n) is 12.1. The molecule has 104 valence electrons. The molecule has 4 nitrogen and oxygen atoms in total. The fraction of sp³-hybridized carbons (Fsp3) is 1.00. The van der Waals surface area contributed by atoms with Crippen LogP contribution in [0.1, 0.15) is 20.3 Å². The van der Waals surface area contributed by atoms with Crippen molar-refractivity contribution in [2.75, 3.05) is 66.7 Å². The summed E-state index contributed by atoms with van der Waals surface area (Å²) in [6, 6.07) is 0. The lowest BCUT2D eigenvalue weighted by Gasteiger charge is -2.20. The summed E-state index contributed by atoms with van der Waals surface area (Å²) in [6.45, 7) is 11.7. The van der Waals surface area contributed by atoms with Gasteiger partial charge >= 0.3 is 0 Å². The number of hydrogen-bond acceptors (Lipinski definition) is 4. The molecule has 0 N–H and O–H groups in total. The molecule has 0 heterocycles. The minimum Gasteiger partial charge on any atom is -0.379 e. The Kier molecular flexibility index (Phi) is 12.2. The summed E-state index contributed by atoms with van der Waals surface area (Å²) in [5.41, 5.74) is 0. The number of rotatable bonds is 12. The molecule has 0 aliphatic carbocycles. The van der Waals surface area contributed by atoms with Gasteiger partial charge in [-0.3, -0.25) is 0 Å². The maximum atomic E-state index is 5.50. The van der Waals surface area contributed by atoms with Crippen molar-refractivity contribution < 1.29 is 9.47 Å². The number of ether oxygens (including phenoxy) is 2. The van der Waals surface area contributed by atoms with E-state index in [1.807, 2.05) is 0 Å². The first-order valence-electron chi connectivity index (χ1n) is 6.73. The highest BCUT2D eigenvalue weighted by Crippen LogP contribution is 1.88. The fourth-order valence-corrected chi connectivity index (χ4v) is 1.30. The zero-order valence-corrected chi connectivity index (χ0v) is 12.1. The second-order valence-electron chi connectivity index (χ2n) is 4.42. The molecule has 0 fully saturated rings. The Morgan fingerprint density at radius 3 is 1.88 bits per heavy atom. The molecule has 0 saturated carbocycles. The van der Waals surface area contributed by atoms with E-state index in [4.69, 9.17) is 9.47 Å². The molecule has 17 heavy (non-hydrogen) atoms. The van der Waals surface area contributed by atoms with Crippen LogP contribution in [0, 0.1) is 0 Å². The second kappa shape index (κ2) is 12.3. The average molecular weight is 246 g/mol. The number of hydrogen-bond donors (Lipinski definition) is 0. The molecule has 0 saturated heterocycles. The summed E-state index contributed by atoms with van der Waals surface area (Å²) in [7, 11) is 4.29. The van der Waals surface area contributed by atoms with E-state index in [1.165, 1.54) is 0 Å². The standard InChI is InChI=1S/C13H30N2O2/c1-5-10-16-12-13-17-11-9-15(4)8-7-14(3)6-2/h5-13H2,1-4H3. The summed E-state index contributed by atoms with van der Waals surface area (Å²) in [5, 5.41) is 0. The first-order chi connectivity index (χ1) is 8.20. The third kappa shape index (κ3) is 12.1. The van der Waals surface area contributed by atoms with Crippen molar-refractivity contribution in [2.45, 2.75) is 20.3 Å². The molecule has 4 heteroatoms. The molecule has 0 bridgehead atoms. The molecule has 0 atom stereocenters. The van der Waals surface area contributed by atoms with Crippen molar-refractivity contribution in [2.24, 2.45) is 0 Å². The molecule has 0 aromatic carbocycles. The van der Waals surface area contributed by atoms with Gasteiger partial charge in [-0.15, -0.1) is 0 Å². The van der Waals surface area contributed by atoms with E-state index in [-0.39, 0.29) is 0 Å². The number of nitrogens with zero attached hydrogens (tertiary/aromatic N) is 2. The minimum atomic E-state index is 0.711. The van der Waals surface area contributed by atoms with Crippen LogP contribution in [0.2, 0.25) is 0 Å². The molecule has 0 aliphatic heterocycles. The molecule has 0 radical (unpaired) electrons. The van der Waals surface area contributed by atoms with Crippen molar-refractivity contribution in [3.63, 3.8) is 0 Å². The Hall–Kier alpha value is -0.160. The van der Waals surface area contributed by atoms with Gasteiger partial charge in [-0.2, -0.15) is 0 Å². The van der Waals surface area contributed by atoms with Gasteiger partial charge in [0.2, 0.25) is 0 Å². The van der Waals surface area contributed by atoms with Crippen LogP contribution in [0.5, 0.6) is 0 Å². The van der Waals surface area contributed by atoms with E-state index in [0.717, 1.165) is 52.4 Å². The Morgan fingerprint density at radius 2 is 1.29 bits per heavy atom.